The van der Waals surface area contributed by atoms with E-state index in [1.54, 1.807) is 12.1 Å². The van der Waals surface area contributed by atoms with E-state index in [9.17, 15) is 10.1 Å². The van der Waals surface area contributed by atoms with E-state index in [2.05, 4.69) is 0 Å². The van der Waals surface area contributed by atoms with Crippen LogP contribution in [0, 0.1) is 10.1 Å². The Morgan fingerprint density at radius 2 is 1.71 bits per heavy atom. The molecule has 1 N–H and O–H groups in total. The number of aliphatic hydroxyl groups is 1. The third kappa shape index (κ3) is 2.49. The molecular formula is C13H11NO3. The summed E-state index contributed by atoms with van der Waals surface area (Å²) in [6.45, 7) is -0.0389. The van der Waals surface area contributed by atoms with Gasteiger partial charge in [-0.2, -0.15) is 0 Å². The number of nitrogens with zero attached hydrogens (tertiary/aromatic N) is 1. The number of hydrogen-bond acceptors (Lipinski definition) is 3. The monoisotopic (exact) mass is 229 g/mol. The molecule has 0 fully saturated rings. The van der Waals surface area contributed by atoms with Gasteiger partial charge in [0.25, 0.3) is 5.69 Å². The van der Waals surface area contributed by atoms with Gasteiger partial charge in [-0.1, -0.05) is 30.3 Å². The molecule has 0 aliphatic rings. The van der Waals surface area contributed by atoms with E-state index in [1.165, 1.54) is 12.1 Å². The number of hydrogen-bond donors (Lipinski definition) is 1. The normalized spacial score (nSPS) is 10.2. The Morgan fingerprint density at radius 3 is 2.35 bits per heavy atom. The minimum Gasteiger partial charge on any atom is -0.392 e. The molecule has 0 bridgehead atoms. The fourth-order valence-corrected chi connectivity index (χ4v) is 1.65. The molecule has 0 aliphatic carbocycles. The van der Waals surface area contributed by atoms with Crippen molar-refractivity contribution in [2.45, 2.75) is 6.61 Å². The number of nitro benzene ring substituents is 1. The third-order valence-electron chi connectivity index (χ3n) is 2.50. The Bertz CT molecular complexity index is 552. The second-order valence-corrected chi connectivity index (χ2v) is 3.67. The molecule has 0 saturated heterocycles. The average Bonchev–Trinajstić information content (AvgIpc) is 2.39. The van der Waals surface area contributed by atoms with Crippen LogP contribution in [0.25, 0.3) is 11.1 Å². The third-order valence-corrected chi connectivity index (χ3v) is 2.50. The Labute approximate surface area is 98.3 Å². The summed E-state index contributed by atoms with van der Waals surface area (Å²) < 4.78 is 0. The molecule has 0 heterocycles. The summed E-state index contributed by atoms with van der Waals surface area (Å²) in [6.07, 6.45) is 0. The summed E-state index contributed by atoms with van der Waals surface area (Å²) >= 11 is 0. The highest BCUT2D eigenvalue weighted by atomic mass is 16.6. The first-order valence-corrected chi connectivity index (χ1v) is 5.15. The van der Waals surface area contributed by atoms with Crippen LogP contribution in [0.15, 0.2) is 48.5 Å². The van der Waals surface area contributed by atoms with E-state index in [0.717, 1.165) is 16.7 Å². The zero-order chi connectivity index (χ0) is 12.3. The maximum Gasteiger partial charge on any atom is 0.270 e. The SMILES string of the molecule is O=[N+]([O-])c1cccc(-c2cccc(CO)c2)c1. The molecule has 0 radical (unpaired) electrons. The lowest BCUT2D eigenvalue weighted by Gasteiger charge is -2.03. The first-order chi connectivity index (χ1) is 8.20. The summed E-state index contributed by atoms with van der Waals surface area (Å²) in [6, 6.07) is 13.7. The number of aliphatic hydroxyl groups excluding tert-OH is 1. The zero-order valence-corrected chi connectivity index (χ0v) is 9.04. The van der Waals surface area contributed by atoms with Crippen molar-refractivity contribution in [1.29, 1.82) is 0 Å². The summed E-state index contributed by atoms with van der Waals surface area (Å²) in [5.41, 5.74) is 2.49. The van der Waals surface area contributed by atoms with Crippen LogP contribution >= 0.6 is 0 Å². The number of non-ortho nitro benzene ring substituents is 1. The lowest BCUT2D eigenvalue weighted by molar-refractivity contribution is -0.384. The maximum absolute atomic E-state index is 10.7. The zero-order valence-electron chi connectivity index (χ0n) is 9.04. The van der Waals surface area contributed by atoms with Crippen molar-refractivity contribution in [3.8, 4) is 11.1 Å². The van der Waals surface area contributed by atoms with E-state index in [0.29, 0.717) is 0 Å². The second-order valence-electron chi connectivity index (χ2n) is 3.67. The van der Waals surface area contributed by atoms with Crippen molar-refractivity contribution in [3.63, 3.8) is 0 Å². The van der Waals surface area contributed by atoms with Crippen LogP contribution in [0.2, 0.25) is 0 Å². The molecule has 2 rings (SSSR count). The smallest absolute Gasteiger partial charge is 0.270 e. The van der Waals surface area contributed by atoms with Gasteiger partial charge in [0.2, 0.25) is 0 Å². The fourth-order valence-electron chi connectivity index (χ4n) is 1.65. The quantitative estimate of drug-likeness (QED) is 0.650. The van der Waals surface area contributed by atoms with Crippen LogP contribution < -0.4 is 0 Å². The summed E-state index contributed by atoms with van der Waals surface area (Å²) in [4.78, 5) is 10.3. The van der Waals surface area contributed by atoms with E-state index in [4.69, 9.17) is 5.11 Å². The first kappa shape index (κ1) is 11.3. The highest BCUT2D eigenvalue weighted by Gasteiger charge is 2.07. The Kier molecular flexibility index (Phi) is 3.16. The maximum atomic E-state index is 10.7. The van der Waals surface area contributed by atoms with Gasteiger partial charge in [0.1, 0.15) is 0 Å². The van der Waals surface area contributed by atoms with Crippen LogP contribution in [0.4, 0.5) is 5.69 Å². The van der Waals surface area contributed by atoms with Crippen molar-refractivity contribution in [2.24, 2.45) is 0 Å². The molecular weight excluding hydrogens is 218 g/mol. The molecule has 0 unspecified atom stereocenters. The van der Waals surface area contributed by atoms with Crippen LogP contribution in [0.3, 0.4) is 0 Å². The van der Waals surface area contributed by atoms with Gasteiger partial charge in [-0.05, 0) is 22.8 Å². The summed E-state index contributed by atoms with van der Waals surface area (Å²) in [5, 5.41) is 19.7. The molecule has 86 valence electrons. The largest absolute Gasteiger partial charge is 0.392 e. The van der Waals surface area contributed by atoms with Gasteiger partial charge in [-0.25, -0.2) is 0 Å². The van der Waals surface area contributed by atoms with Crippen LogP contribution in [0.5, 0.6) is 0 Å². The molecule has 0 atom stereocenters. The molecule has 0 amide bonds. The molecule has 0 saturated carbocycles. The minimum absolute atomic E-state index is 0.0389. The fraction of sp³-hybridized carbons (Fsp3) is 0.0769. The number of nitro groups is 1. The van der Waals surface area contributed by atoms with Gasteiger partial charge in [0.05, 0.1) is 11.5 Å². The van der Waals surface area contributed by atoms with E-state index in [-0.39, 0.29) is 12.3 Å². The number of benzene rings is 2. The molecule has 2 aromatic rings. The first-order valence-electron chi connectivity index (χ1n) is 5.15. The standard InChI is InChI=1S/C13H11NO3/c15-9-10-3-1-4-11(7-10)12-5-2-6-13(8-12)14(16)17/h1-8,15H,9H2. The average molecular weight is 229 g/mol. The molecule has 4 nitrogen and oxygen atoms in total. The van der Waals surface area contributed by atoms with Crippen LogP contribution in [0.1, 0.15) is 5.56 Å². The highest BCUT2D eigenvalue weighted by molar-refractivity contribution is 5.66. The predicted octanol–water partition coefficient (Wildman–Crippen LogP) is 2.75. The number of rotatable bonds is 3. The van der Waals surface area contributed by atoms with Crippen molar-refractivity contribution in [2.75, 3.05) is 0 Å². The van der Waals surface area contributed by atoms with Gasteiger partial charge in [-0.15, -0.1) is 0 Å². The van der Waals surface area contributed by atoms with Gasteiger partial charge in [-0.3, -0.25) is 10.1 Å². The van der Waals surface area contributed by atoms with Gasteiger partial charge in [0, 0.05) is 12.1 Å². The molecule has 0 spiro atoms. The van der Waals surface area contributed by atoms with Crippen molar-refractivity contribution >= 4 is 5.69 Å². The van der Waals surface area contributed by atoms with E-state index in [1.807, 2.05) is 24.3 Å². The van der Waals surface area contributed by atoms with Gasteiger partial charge >= 0.3 is 0 Å². The lowest BCUT2D eigenvalue weighted by Crippen LogP contribution is -1.89. The van der Waals surface area contributed by atoms with E-state index < -0.39 is 4.92 Å². The molecule has 17 heavy (non-hydrogen) atoms. The summed E-state index contributed by atoms with van der Waals surface area (Å²) in [5.74, 6) is 0. The van der Waals surface area contributed by atoms with Crippen LogP contribution in [-0.2, 0) is 6.61 Å². The van der Waals surface area contributed by atoms with Crippen molar-refractivity contribution < 1.29 is 10.0 Å². The Morgan fingerprint density at radius 1 is 1.06 bits per heavy atom. The minimum atomic E-state index is -0.417. The molecule has 0 aromatic heterocycles. The molecule has 2 aromatic carbocycles. The summed E-state index contributed by atoms with van der Waals surface area (Å²) in [7, 11) is 0. The van der Waals surface area contributed by atoms with E-state index >= 15 is 0 Å². The van der Waals surface area contributed by atoms with Gasteiger partial charge < -0.3 is 5.11 Å². The van der Waals surface area contributed by atoms with Crippen molar-refractivity contribution in [3.05, 3.63) is 64.2 Å². The highest BCUT2D eigenvalue weighted by Crippen LogP contribution is 2.24. The molecule has 0 aliphatic heterocycles. The van der Waals surface area contributed by atoms with Crippen LogP contribution in [-0.4, -0.2) is 10.0 Å². The topological polar surface area (TPSA) is 63.4 Å². The molecule has 4 heteroatoms. The second kappa shape index (κ2) is 4.76. The Hall–Kier alpha value is -2.20. The van der Waals surface area contributed by atoms with Crippen molar-refractivity contribution in [1.82, 2.24) is 0 Å². The lowest BCUT2D eigenvalue weighted by atomic mass is 10.0. The predicted molar refractivity (Wildman–Crippen MR) is 64.5 cm³/mol. The van der Waals surface area contributed by atoms with Gasteiger partial charge in [0.15, 0.2) is 0 Å². The Balaban J connectivity index is 2.45.